The van der Waals surface area contributed by atoms with E-state index in [1.54, 1.807) is 57.2 Å². The van der Waals surface area contributed by atoms with Crippen molar-refractivity contribution < 1.29 is 23.9 Å². The van der Waals surface area contributed by atoms with Crippen LogP contribution in [0, 0.1) is 28.6 Å². The lowest BCUT2D eigenvalue weighted by molar-refractivity contribution is -0.139. The number of amides is 2. The summed E-state index contributed by atoms with van der Waals surface area (Å²) in [5.41, 5.74) is -0.642. The van der Waals surface area contributed by atoms with Crippen LogP contribution in [0.25, 0.3) is 5.57 Å². The van der Waals surface area contributed by atoms with Crippen molar-refractivity contribution in [3.05, 3.63) is 82.9 Å². The largest absolute Gasteiger partial charge is 0.466 e. The van der Waals surface area contributed by atoms with Gasteiger partial charge in [0.2, 0.25) is 0 Å². The maximum atomic E-state index is 14.6. The highest BCUT2D eigenvalue weighted by molar-refractivity contribution is 6.25. The third-order valence-electron chi connectivity index (χ3n) is 6.97. The molecule has 192 valence electrons. The summed E-state index contributed by atoms with van der Waals surface area (Å²) < 4.78 is 10.6. The molecule has 2 amide bonds. The number of carbonyl (C=O) groups is 3. The lowest BCUT2D eigenvalue weighted by Gasteiger charge is -2.41. The van der Waals surface area contributed by atoms with Gasteiger partial charge in [-0.2, -0.15) is 10.5 Å². The molecule has 8 nitrogen and oxygen atoms in total. The van der Waals surface area contributed by atoms with Gasteiger partial charge in [0.05, 0.1) is 18.4 Å². The normalized spacial score (nSPS) is 19.9. The van der Waals surface area contributed by atoms with Crippen LogP contribution in [0.1, 0.15) is 43.9 Å². The standard InChI is InChI=1S/C30H27N3O5/c1-18(26(34)37-5)30(23-15-14-19-10-6-7-11-21(19)25(23)20(16-31)17-32)22-12-8-9-13-24(22)33(27(30)35)28(36)38-29(2,3)4/h6-13,23H,1,14-15H2,2-5H3/t23-,30+/m1/s1. The number of allylic oxidation sites excluding steroid dienone is 2. The molecule has 1 heterocycles. The number of esters is 1. The number of ether oxygens (including phenoxy) is 2. The lowest BCUT2D eigenvalue weighted by atomic mass is 9.58. The topological polar surface area (TPSA) is 120 Å². The van der Waals surface area contributed by atoms with Crippen LogP contribution in [0.5, 0.6) is 0 Å². The Labute approximate surface area is 221 Å². The fourth-order valence-electron chi connectivity index (χ4n) is 5.54. The van der Waals surface area contributed by atoms with Gasteiger partial charge in [0.1, 0.15) is 28.7 Å². The van der Waals surface area contributed by atoms with Gasteiger partial charge in [0, 0.05) is 5.92 Å². The van der Waals surface area contributed by atoms with Crippen molar-refractivity contribution >= 4 is 29.2 Å². The number of nitriles is 2. The number of anilines is 1. The van der Waals surface area contributed by atoms with Crippen LogP contribution in [-0.2, 0) is 30.9 Å². The van der Waals surface area contributed by atoms with Crippen LogP contribution in [0.4, 0.5) is 10.5 Å². The van der Waals surface area contributed by atoms with Crippen LogP contribution in [0.2, 0.25) is 0 Å². The molecular weight excluding hydrogens is 482 g/mol. The lowest BCUT2D eigenvalue weighted by Crippen LogP contribution is -2.52. The number of rotatable bonds is 3. The van der Waals surface area contributed by atoms with Gasteiger partial charge in [-0.25, -0.2) is 14.5 Å². The van der Waals surface area contributed by atoms with E-state index in [4.69, 9.17) is 9.47 Å². The molecule has 0 saturated carbocycles. The van der Waals surface area contributed by atoms with Crippen LogP contribution in [-0.4, -0.2) is 30.7 Å². The van der Waals surface area contributed by atoms with Gasteiger partial charge in [-0.15, -0.1) is 0 Å². The molecule has 0 aromatic heterocycles. The second-order valence-corrected chi connectivity index (χ2v) is 10.2. The van der Waals surface area contributed by atoms with Crippen molar-refractivity contribution in [1.29, 1.82) is 10.5 Å². The van der Waals surface area contributed by atoms with Gasteiger partial charge in [-0.3, -0.25) is 4.79 Å². The van der Waals surface area contributed by atoms with Crippen LogP contribution < -0.4 is 4.90 Å². The van der Waals surface area contributed by atoms with Gasteiger partial charge in [0.15, 0.2) is 0 Å². The van der Waals surface area contributed by atoms with Gasteiger partial charge in [0.25, 0.3) is 5.91 Å². The zero-order chi connectivity index (χ0) is 27.8. The average molecular weight is 510 g/mol. The smallest absolute Gasteiger partial charge is 0.421 e. The molecule has 2 aromatic carbocycles. The highest BCUT2D eigenvalue weighted by atomic mass is 16.6. The first kappa shape index (κ1) is 26.4. The Kier molecular flexibility index (Phi) is 6.69. The van der Waals surface area contributed by atoms with E-state index < -0.39 is 34.9 Å². The third-order valence-corrected chi connectivity index (χ3v) is 6.97. The SMILES string of the molecule is C=C(C(=O)OC)[C@]1([C@@H]2CCc3ccccc3C2=C(C#N)C#N)C(=O)N(C(=O)OC(C)(C)C)c2ccccc21. The number of nitrogens with zero attached hydrogens (tertiary/aromatic N) is 3. The summed E-state index contributed by atoms with van der Waals surface area (Å²) in [5.74, 6) is -2.47. The van der Waals surface area contributed by atoms with Crippen molar-refractivity contribution in [2.24, 2.45) is 5.92 Å². The Hall–Kier alpha value is -4.69. The van der Waals surface area contributed by atoms with E-state index in [0.717, 1.165) is 10.5 Å². The van der Waals surface area contributed by atoms with E-state index in [2.05, 4.69) is 6.58 Å². The molecule has 0 radical (unpaired) electrons. The Balaban J connectivity index is 2.08. The summed E-state index contributed by atoms with van der Waals surface area (Å²) in [5, 5.41) is 19.9. The van der Waals surface area contributed by atoms with Crippen molar-refractivity contribution in [3.8, 4) is 12.1 Å². The minimum Gasteiger partial charge on any atom is -0.466 e. The number of carbonyl (C=O) groups excluding carboxylic acids is 3. The number of imide groups is 1. The third kappa shape index (κ3) is 3.95. The first-order chi connectivity index (χ1) is 18.0. The van der Waals surface area contributed by atoms with Gasteiger partial charge in [-0.05, 0) is 61.9 Å². The first-order valence-corrected chi connectivity index (χ1v) is 12.1. The summed E-state index contributed by atoms with van der Waals surface area (Å²) in [6.45, 7) is 9.06. The second-order valence-electron chi connectivity index (χ2n) is 10.2. The maximum Gasteiger partial charge on any atom is 0.421 e. The zero-order valence-electron chi connectivity index (χ0n) is 21.7. The van der Waals surface area contributed by atoms with Crippen molar-refractivity contribution in [2.75, 3.05) is 12.0 Å². The number of hydrogen-bond acceptors (Lipinski definition) is 7. The highest BCUT2D eigenvalue weighted by Crippen LogP contribution is 2.57. The molecule has 0 bridgehead atoms. The van der Waals surface area contributed by atoms with Crippen LogP contribution in [0.3, 0.4) is 0 Å². The summed E-state index contributed by atoms with van der Waals surface area (Å²) in [7, 11) is 1.18. The fraction of sp³-hybridized carbons (Fsp3) is 0.300. The van der Waals surface area contributed by atoms with E-state index in [-0.39, 0.29) is 16.8 Å². The van der Waals surface area contributed by atoms with Gasteiger partial charge >= 0.3 is 12.1 Å². The van der Waals surface area contributed by atoms with Gasteiger partial charge in [-0.1, -0.05) is 49.0 Å². The molecule has 2 aliphatic rings. The summed E-state index contributed by atoms with van der Waals surface area (Å²) in [4.78, 5) is 42.0. The molecule has 0 fully saturated rings. The minimum absolute atomic E-state index is 0.180. The summed E-state index contributed by atoms with van der Waals surface area (Å²) in [6, 6.07) is 17.9. The Bertz CT molecular complexity index is 1470. The van der Waals surface area contributed by atoms with Crippen molar-refractivity contribution in [1.82, 2.24) is 0 Å². The molecule has 0 saturated heterocycles. The molecule has 1 aliphatic heterocycles. The number of hydrogen-bond donors (Lipinski definition) is 0. The second kappa shape index (κ2) is 9.64. The highest BCUT2D eigenvalue weighted by Gasteiger charge is 2.62. The first-order valence-electron chi connectivity index (χ1n) is 12.1. The number of fused-ring (bicyclic) bond motifs is 2. The zero-order valence-corrected chi connectivity index (χ0v) is 21.7. The number of benzene rings is 2. The fourth-order valence-corrected chi connectivity index (χ4v) is 5.54. The van der Waals surface area contributed by atoms with E-state index in [0.29, 0.717) is 29.5 Å². The molecule has 0 spiro atoms. The molecule has 4 rings (SSSR count). The molecule has 0 N–H and O–H groups in total. The predicted octanol–water partition coefficient (Wildman–Crippen LogP) is 5.00. The molecule has 38 heavy (non-hydrogen) atoms. The molecule has 2 aromatic rings. The summed E-state index contributed by atoms with van der Waals surface area (Å²) in [6.07, 6.45) is -0.0960. The average Bonchev–Trinajstić information content (AvgIpc) is 3.16. The quantitative estimate of drug-likeness (QED) is 0.324. The Morgan fingerprint density at radius 3 is 2.34 bits per heavy atom. The number of methoxy groups -OCH3 is 1. The minimum atomic E-state index is -1.83. The van der Waals surface area contributed by atoms with E-state index in [1.807, 2.05) is 24.3 Å². The van der Waals surface area contributed by atoms with Crippen LogP contribution >= 0.6 is 0 Å². The Morgan fingerprint density at radius 1 is 1.08 bits per heavy atom. The Morgan fingerprint density at radius 2 is 1.71 bits per heavy atom. The van der Waals surface area contributed by atoms with E-state index >= 15 is 0 Å². The molecule has 0 unspecified atom stereocenters. The van der Waals surface area contributed by atoms with E-state index in [9.17, 15) is 24.9 Å². The predicted molar refractivity (Wildman–Crippen MR) is 139 cm³/mol. The molecule has 2 atom stereocenters. The summed E-state index contributed by atoms with van der Waals surface area (Å²) >= 11 is 0. The molecule has 1 aliphatic carbocycles. The number of aryl methyl sites for hydroxylation is 1. The number of para-hydroxylation sites is 1. The molecular formula is C30H27N3O5. The van der Waals surface area contributed by atoms with Crippen molar-refractivity contribution in [3.63, 3.8) is 0 Å². The van der Waals surface area contributed by atoms with Crippen molar-refractivity contribution in [2.45, 2.75) is 44.6 Å². The maximum absolute atomic E-state index is 14.6. The van der Waals surface area contributed by atoms with Crippen LogP contribution in [0.15, 0.2) is 66.3 Å². The molecule has 8 heteroatoms. The van der Waals surface area contributed by atoms with Gasteiger partial charge < -0.3 is 9.47 Å². The monoisotopic (exact) mass is 509 g/mol. The van der Waals surface area contributed by atoms with E-state index in [1.165, 1.54) is 7.11 Å².